The molecule has 4 nitrogen and oxygen atoms in total. The number of amides is 1. The van der Waals surface area contributed by atoms with E-state index in [-0.39, 0.29) is 11.9 Å². The van der Waals surface area contributed by atoms with Crippen molar-refractivity contribution in [1.82, 2.24) is 9.88 Å². The number of nitrogens with zero attached hydrogens (tertiary/aromatic N) is 2. The number of carbonyl (C=O) groups is 1. The van der Waals surface area contributed by atoms with Crippen LogP contribution in [-0.2, 0) is 0 Å². The van der Waals surface area contributed by atoms with Crippen LogP contribution in [0.15, 0.2) is 24.5 Å². The van der Waals surface area contributed by atoms with Gasteiger partial charge in [0.25, 0.3) is 5.91 Å². The Morgan fingerprint density at radius 1 is 1.64 bits per heavy atom. The topological polar surface area (TPSA) is 59.2 Å². The van der Waals surface area contributed by atoms with Crippen molar-refractivity contribution in [2.24, 2.45) is 5.73 Å². The molecule has 0 aliphatic carbocycles. The third kappa shape index (κ3) is 1.75. The Labute approximate surface area is 82.7 Å². The van der Waals surface area contributed by atoms with Crippen LogP contribution < -0.4 is 5.73 Å². The molecule has 0 aromatic carbocycles. The Morgan fingerprint density at radius 3 is 3.07 bits per heavy atom. The summed E-state index contributed by atoms with van der Waals surface area (Å²) in [5, 5.41) is 0. The third-order valence-corrected chi connectivity index (χ3v) is 2.42. The monoisotopic (exact) mass is 191 g/mol. The molecule has 1 fully saturated rings. The van der Waals surface area contributed by atoms with Gasteiger partial charge in [-0.05, 0) is 18.6 Å². The fourth-order valence-corrected chi connectivity index (χ4v) is 1.64. The van der Waals surface area contributed by atoms with Crippen LogP contribution in [0.2, 0.25) is 0 Å². The average Bonchev–Trinajstić information content (AvgIpc) is 2.65. The first kappa shape index (κ1) is 9.15. The van der Waals surface area contributed by atoms with Crippen molar-refractivity contribution in [3.63, 3.8) is 0 Å². The van der Waals surface area contributed by atoms with Gasteiger partial charge >= 0.3 is 0 Å². The van der Waals surface area contributed by atoms with Gasteiger partial charge in [0.2, 0.25) is 0 Å². The molecule has 2 rings (SSSR count). The average molecular weight is 191 g/mol. The van der Waals surface area contributed by atoms with Crippen molar-refractivity contribution in [1.29, 1.82) is 0 Å². The lowest BCUT2D eigenvalue weighted by Crippen LogP contribution is -2.31. The lowest BCUT2D eigenvalue weighted by atomic mass is 10.2. The van der Waals surface area contributed by atoms with Crippen LogP contribution in [0.5, 0.6) is 0 Å². The molecule has 1 aromatic rings. The summed E-state index contributed by atoms with van der Waals surface area (Å²) in [6, 6.07) is 3.68. The highest BCUT2D eigenvalue weighted by Gasteiger charge is 2.24. The van der Waals surface area contributed by atoms with Crippen LogP contribution in [0.4, 0.5) is 0 Å². The number of likely N-dealkylation sites (tertiary alicyclic amines) is 1. The minimum absolute atomic E-state index is 0.0334. The minimum Gasteiger partial charge on any atom is -0.337 e. The van der Waals surface area contributed by atoms with Crippen LogP contribution in [0.25, 0.3) is 0 Å². The number of rotatable bonds is 1. The van der Waals surface area contributed by atoms with Crippen LogP contribution in [0.1, 0.15) is 16.8 Å². The maximum absolute atomic E-state index is 11.8. The Morgan fingerprint density at radius 2 is 2.50 bits per heavy atom. The summed E-state index contributed by atoms with van der Waals surface area (Å²) in [5.41, 5.74) is 6.37. The number of carbonyl (C=O) groups excluding carboxylic acids is 1. The summed E-state index contributed by atoms with van der Waals surface area (Å²) in [5.74, 6) is 0.0334. The molecule has 1 amide bonds. The van der Waals surface area contributed by atoms with E-state index in [0.717, 1.165) is 13.0 Å². The molecule has 0 spiro atoms. The summed E-state index contributed by atoms with van der Waals surface area (Å²) in [6.45, 7) is 1.42. The molecule has 0 unspecified atom stereocenters. The molecule has 0 radical (unpaired) electrons. The van der Waals surface area contributed by atoms with Gasteiger partial charge in [-0.3, -0.25) is 9.78 Å². The van der Waals surface area contributed by atoms with Gasteiger partial charge in [0.05, 0.1) is 5.56 Å². The number of nitrogens with two attached hydrogens (primary N) is 1. The summed E-state index contributed by atoms with van der Waals surface area (Å²) < 4.78 is 0. The van der Waals surface area contributed by atoms with E-state index in [4.69, 9.17) is 5.73 Å². The molecule has 14 heavy (non-hydrogen) atoms. The predicted molar refractivity (Wildman–Crippen MR) is 52.7 cm³/mol. The van der Waals surface area contributed by atoms with E-state index in [0.29, 0.717) is 12.1 Å². The molecule has 0 bridgehead atoms. The van der Waals surface area contributed by atoms with Crippen molar-refractivity contribution in [3.8, 4) is 0 Å². The summed E-state index contributed by atoms with van der Waals surface area (Å²) in [6.07, 6.45) is 4.14. The maximum atomic E-state index is 11.8. The maximum Gasteiger partial charge on any atom is 0.255 e. The highest BCUT2D eigenvalue weighted by Crippen LogP contribution is 2.11. The SMILES string of the molecule is N[C@@H]1CCN(C(=O)c2cccnc2)C1. The largest absolute Gasteiger partial charge is 0.337 e. The van der Waals surface area contributed by atoms with Crippen molar-refractivity contribution in [3.05, 3.63) is 30.1 Å². The zero-order valence-corrected chi connectivity index (χ0v) is 7.89. The Balaban J connectivity index is 2.10. The fourth-order valence-electron chi connectivity index (χ4n) is 1.64. The number of aromatic nitrogens is 1. The zero-order valence-electron chi connectivity index (χ0n) is 7.89. The number of pyridine rings is 1. The molecule has 2 heterocycles. The second-order valence-corrected chi connectivity index (χ2v) is 3.54. The molecule has 1 atom stereocenters. The molecule has 1 aliphatic rings. The van der Waals surface area contributed by atoms with Gasteiger partial charge < -0.3 is 10.6 Å². The number of hydrogen-bond acceptors (Lipinski definition) is 3. The normalized spacial score (nSPS) is 21.2. The van der Waals surface area contributed by atoms with E-state index in [9.17, 15) is 4.79 Å². The van der Waals surface area contributed by atoms with Gasteiger partial charge in [-0.2, -0.15) is 0 Å². The Bertz CT molecular complexity index is 325. The van der Waals surface area contributed by atoms with Gasteiger partial charge in [-0.25, -0.2) is 0 Å². The van der Waals surface area contributed by atoms with Crippen molar-refractivity contribution >= 4 is 5.91 Å². The van der Waals surface area contributed by atoms with Crippen LogP contribution >= 0.6 is 0 Å². The second kappa shape index (κ2) is 3.75. The Hall–Kier alpha value is -1.42. The van der Waals surface area contributed by atoms with E-state index in [1.165, 1.54) is 0 Å². The molecular weight excluding hydrogens is 178 g/mol. The standard InChI is InChI=1S/C10H13N3O/c11-9-3-5-13(7-9)10(14)8-2-1-4-12-6-8/h1-2,4,6,9H,3,5,7,11H2/t9-/m1/s1. The van der Waals surface area contributed by atoms with E-state index in [1.54, 1.807) is 29.4 Å². The molecule has 4 heteroatoms. The summed E-state index contributed by atoms with van der Waals surface area (Å²) in [4.78, 5) is 17.5. The van der Waals surface area contributed by atoms with Crippen molar-refractivity contribution in [2.75, 3.05) is 13.1 Å². The molecule has 0 saturated carbocycles. The van der Waals surface area contributed by atoms with Crippen molar-refractivity contribution in [2.45, 2.75) is 12.5 Å². The van der Waals surface area contributed by atoms with Crippen molar-refractivity contribution < 1.29 is 4.79 Å². The first-order valence-corrected chi connectivity index (χ1v) is 4.72. The van der Waals surface area contributed by atoms with E-state index < -0.39 is 0 Å². The highest BCUT2D eigenvalue weighted by atomic mass is 16.2. The smallest absolute Gasteiger partial charge is 0.255 e. The van der Waals surface area contributed by atoms with E-state index >= 15 is 0 Å². The molecule has 2 N–H and O–H groups in total. The summed E-state index contributed by atoms with van der Waals surface area (Å²) in [7, 11) is 0. The van der Waals surface area contributed by atoms with Gasteiger partial charge in [0, 0.05) is 31.5 Å². The highest BCUT2D eigenvalue weighted by molar-refractivity contribution is 5.94. The van der Waals surface area contributed by atoms with Crippen LogP contribution in [0.3, 0.4) is 0 Å². The predicted octanol–water partition coefficient (Wildman–Crippen LogP) is 0.255. The van der Waals surface area contributed by atoms with Gasteiger partial charge in [-0.15, -0.1) is 0 Å². The minimum atomic E-state index is 0.0334. The molecular formula is C10H13N3O. The third-order valence-electron chi connectivity index (χ3n) is 2.42. The molecule has 1 aliphatic heterocycles. The quantitative estimate of drug-likeness (QED) is 0.692. The van der Waals surface area contributed by atoms with Gasteiger partial charge in [-0.1, -0.05) is 0 Å². The van der Waals surface area contributed by atoms with Crippen LogP contribution in [-0.4, -0.2) is 34.9 Å². The number of hydrogen-bond donors (Lipinski definition) is 1. The molecule has 1 aromatic heterocycles. The second-order valence-electron chi connectivity index (χ2n) is 3.54. The molecule has 1 saturated heterocycles. The zero-order chi connectivity index (χ0) is 9.97. The lowest BCUT2D eigenvalue weighted by Gasteiger charge is -2.15. The van der Waals surface area contributed by atoms with Crippen LogP contribution in [0, 0.1) is 0 Å². The van der Waals surface area contributed by atoms with E-state index in [2.05, 4.69) is 4.98 Å². The van der Waals surface area contributed by atoms with E-state index in [1.807, 2.05) is 0 Å². The Kier molecular flexibility index (Phi) is 2.45. The first-order chi connectivity index (χ1) is 6.77. The lowest BCUT2D eigenvalue weighted by molar-refractivity contribution is 0.0790. The first-order valence-electron chi connectivity index (χ1n) is 4.72. The van der Waals surface area contributed by atoms with Gasteiger partial charge in [0.15, 0.2) is 0 Å². The summed E-state index contributed by atoms with van der Waals surface area (Å²) >= 11 is 0. The van der Waals surface area contributed by atoms with Gasteiger partial charge in [0.1, 0.15) is 0 Å². The fraction of sp³-hybridized carbons (Fsp3) is 0.400. The molecule has 74 valence electrons.